The number of nitrogens with zero attached hydrogens (tertiary/aromatic N) is 2. The standard InChI is InChI=1S/C21H24N4OS/c1-3-16-9-11-18(12-10-16)20-23-21(25-24-20)27-14-19(26)22-13-15(2)17-7-5-4-6-8-17/h4-12,15H,3,13-14H2,1-2H3,(H,22,26)(H,23,24,25)/t15-/m1/s1. The average molecular weight is 381 g/mol. The number of benzene rings is 2. The predicted octanol–water partition coefficient (Wildman–Crippen LogP) is 4.05. The number of nitrogens with one attached hydrogen (secondary N) is 2. The first-order chi connectivity index (χ1) is 13.2. The van der Waals surface area contributed by atoms with E-state index in [-0.39, 0.29) is 11.8 Å². The smallest absolute Gasteiger partial charge is 0.230 e. The Kier molecular flexibility index (Phi) is 6.65. The zero-order valence-corrected chi connectivity index (χ0v) is 16.4. The molecular formula is C21H24N4OS. The maximum atomic E-state index is 12.1. The van der Waals surface area contributed by atoms with Crippen LogP contribution >= 0.6 is 11.8 Å². The van der Waals surface area contributed by atoms with Gasteiger partial charge in [0.05, 0.1) is 5.75 Å². The summed E-state index contributed by atoms with van der Waals surface area (Å²) in [5, 5.41) is 10.7. The number of hydrogen-bond acceptors (Lipinski definition) is 4. The number of carbonyl (C=O) groups excluding carboxylic acids is 1. The van der Waals surface area contributed by atoms with E-state index < -0.39 is 0 Å². The van der Waals surface area contributed by atoms with Crippen LogP contribution in [-0.4, -0.2) is 33.4 Å². The van der Waals surface area contributed by atoms with Crippen LogP contribution in [0, 0.1) is 0 Å². The van der Waals surface area contributed by atoms with Gasteiger partial charge in [0.25, 0.3) is 0 Å². The second-order valence-electron chi connectivity index (χ2n) is 6.42. The first-order valence-corrected chi connectivity index (χ1v) is 10.1. The molecule has 0 aliphatic carbocycles. The molecule has 3 aromatic rings. The van der Waals surface area contributed by atoms with Gasteiger partial charge in [0.2, 0.25) is 11.1 Å². The summed E-state index contributed by atoms with van der Waals surface area (Å²) in [5.41, 5.74) is 3.50. The van der Waals surface area contributed by atoms with Crippen molar-refractivity contribution in [1.82, 2.24) is 20.5 Å². The summed E-state index contributed by atoms with van der Waals surface area (Å²) in [4.78, 5) is 16.6. The van der Waals surface area contributed by atoms with Crippen LogP contribution in [0.2, 0.25) is 0 Å². The van der Waals surface area contributed by atoms with Crippen LogP contribution in [0.3, 0.4) is 0 Å². The third-order valence-corrected chi connectivity index (χ3v) is 5.25. The first kappa shape index (κ1) is 19.2. The number of thioether (sulfide) groups is 1. The summed E-state index contributed by atoms with van der Waals surface area (Å²) < 4.78 is 0. The van der Waals surface area contributed by atoms with Gasteiger partial charge in [-0.1, -0.05) is 80.2 Å². The fourth-order valence-corrected chi connectivity index (χ4v) is 3.31. The molecule has 1 atom stereocenters. The molecule has 140 valence electrons. The molecule has 0 fully saturated rings. The molecule has 1 heterocycles. The molecule has 2 N–H and O–H groups in total. The number of H-pyrrole nitrogens is 1. The molecule has 5 nitrogen and oxygen atoms in total. The Morgan fingerprint density at radius 3 is 2.59 bits per heavy atom. The molecule has 0 aliphatic rings. The van der Waals surface area contributed by atoms with Crippen molar-refractivity contribution in [3.8, 4) is 11.4 Å². The van der Waals surface area contributed by atoms with Crippen LogP contribution in [0.5, 0.6) is 0 Å². The summed E-state index contributed by atoms with van der Waals surface area (Å²) in [6.45, 7) is 4.85. The lowest BCUT2D eigenvalue weighted by molar-refractivity contribution is -0.118. The van der Waals surface area contributed by atoms with Crippen LogP contribution in [0.4, 0.5) is 0 Å². The molecule has 6 heteroatoms. The Bertz CT molecular complexity index is 861. The molecule has 1 aromatic heterocycles. The lowest BCUT2D eigenvalue weighted by Gasteiger charge is -2.12. The van der Waals surface area contributed by atoms with Gasteiger partial charge in [-0.15, -0.1) is 5.10 Å². The van der Waals surface area contributed by atoms with Gasteiger partial charge in [0.15, 0.2) is 5.82 Å². The number of aryl methyl sites for hydroxylation is 1. The number of rotatable bonds is 8. The number of hydrogen-bond donors (Lipinski definition) is 2. The molecule has 1 amide bonds. The SMILES string of the molecule is CCc1ccc(-c2nc(SCC(=O)NC[C@@H](C)c3ccccc3)n[nH]2)cc1. The van der Waals surface area contributed by atoms with E-state index >= 15 is 0 Å². The van der Waals surface area contributed by atoms with Gasteiger partial charge < -0.3 is 5.32 Å². The van der Waals surface area contributed by atoms with E-state index in [2.05, 4.69) is 58.6 Å². The number of aromatic amines is 1. The third kappa shape index (κ3) is 5.44. The molecular weight excluding hydrogens is 356 g/mol. The van der Waals surface area contributed by atoms with Crippen LogP contribution in [0.25, 0.3) is 11.4 Å². The van der Waals surface area contributed by atoms with Gasteiger partial charge in [-0.2, -0.15) is 0 Å². The van der Waals surface area contributed by atoms with E-state index in [1.165, 1.54) is 22.9 Å². The average Bonchev–Trinajstić information content (AvgIpc) is 3.20. The van der Waals surface area contributed by atoms with E-state index in [0.29, 0.717) is 17.5 Å². The molecule has 0 aliphatic heterocycles. The van der Waals surface area contributed by atoms with E-state index in [4.69, 9.17) is 0 Å². The van der Waals surface area contributed by atoms with E-state index in [0.717, 1.165) is 17.8 Å². The molecule has 2 aromatic carbocycles. The van der Waals surface area contributed by atoms with E-state index in [9.17, 15) is 4.79 Å². The molecule has 3 rings (SSSR count). The Balaban J connectivity index is 1.47. The molecule has 27 heavy (non-hydrogen) atoms. The van der Waals surface area contributed by atoms with Crippen molar-refractivity contribution in [2.75, 3.05) is 12.3 Å². The monoisotopic (exact) mass is 380 g/mol. The Hall–Kier alpha value is -2.60. The minimum Gasteiger partial charge on any atom is -0.355 e. The summed E-state index contributed by atoms with van der Waals surface area (Å²) in [7, 11) is 0. The van der Waals surface area contributed by atoms with Crippen molar-refractivity contribution < 1.29 is 4.79 Å². The lowest BCUT2D eigenvalue weighted by Crippen LogP contribution is -2.29. The molecule has 0 saturated heterocycles. The maximum absolute atomic E-state index is 12.1. The topological polar surface area (TPSA) is 70.7 Å². The highest BCUT2D eigenvalue weighted by molar-refractivity contribution is 7.99. The second kappa shape index (κ2) is 9.37. The van der Waals surface area contributed by atoms with Gasteiger partial charge in [-0.3, -0.25) is 9.89 Å². The molecule has 0 spiro atoms. The Morgan fingerprint density at radius 2 is 1.89 bits per heavy atom. The summed E-state index contributed by atoms with van der Waals surface area (Å²) in [5.74, 6) is 1.29. The highest BCUT2D eigenvalue weighted by atomic mass is 32.2. The maximum Gasteiger partial charge on any atom is 0.230 e. The normalized spacial score (nSPS) is 11.9. The van der Waals surface area contributed by atoms with Crippen molar-refractivity contribution in [3.63, 3.8) is 0 Å². The van der Waals surface area contributed by atoms with E-state index in [1.54, 1.807) is 0 Å². The fraction of sp³-hybridized carbons (Fsp3) is 0.286. The highest BCUT2D eigenvalue weighted by Crippen LogP contribution is 2.20. The van der Waals surface area contributed by atoms with Crippen LogP contribution < -0.4 is 5.32 Å². The minimum atomic E-state index is -0.0126. The summed E-state index contributed by atoms with van der Waals surface area (Å²) in [6.07, 6.45) is 1.01. The number of amides is 1. The van der Waals surface area contributed by atoms with Crippen LogP contribution in [0.1, 0.15) is 30.9 Å². The van der Waals surface area contributed by atoms with Crippen LogP contribution in [-0.2, 0) is 11.2 Å². The van der Waals surface area contributed by atoms with Gasteiger partial charge >= 0.3 is 0 Å². The van der Waals surface area contributed by atoms with Crippen LogP contribution in [0.15, 0.2) is 59.8 Å². The fourth-order valence-electron chi connectivity index (χ4n) is 2.69. The van der Waals surface area contributed by atoms with Crippen molar-refractivity contribution >= 4 is 17.7 Å². The van der Waals surface area contributed by atoms with Crippen molar-refractivity contribution in [2.45, 2.75) is 31.3 Å². The van der Waals surface area contributed by atoms with Crippen molar-refractivity contribution in [1.29, 1.82) is 0 Å². The Morgan fingerprint density at radius 1 is 1.15 bits per heavy atom. The highest BCUT2D eigenvalue weighted by Gasteiger charge is 2.11. The molecule has 0 saturated carbocycles. The summed E-state index contributed by atoms with van der Waals surface area (Å²) in [6, 6.07) is 18.4. The third-order valence-electron chi connectivity index (χ3n) is 4.41. The number of carbonyl (C=O) groups is 1. The van der Waals surface area contributed by atoms with E-state index in [1.807, 2.05) is 30.3 Å². The number of aromatic nitrogens is 3. The first-order valence-electron chi connectivity index (χ1n) is 9.12. The largest absolute Gasteiger partial charge is 0.355 e. The quantitative estimate of drug-likeness (QED) is 0.579. The zero-order valence-electron chi connectivity index (χ0n) is 15.6. The van der Waals surface area contributed by atoms with Gasteiger partial charge in [-0.05, 0) is 23.5 Å². The van der Waals surface area contributed by atoms with Gasteiger partial charge in [-0.25, -0.2) is 4.98 Å². The van der Waals surface area contributed by atoms with Gasteiger partial charge in [0.1, 0.15) is 0 Å². The summed E-state index contributed by atoms with van der Waals surface area (Å²) >= 11 is 1.33. The lowest BCUT2D eigenvalue weighted by atomic mass is 10.0. The minimum absolute atomic E-state index is 0.0126. The second-order valence-corrected chi connectivity index (χ2v) is 7.36. The van der Waals surface area contributed by atoms with Gasteiger partial charge in [0, 0.05) is 12.1 Å². The predicted molar refractivity (Wildman–Crippen MR) is 110 cm³/mol. The molecule has 0 radical (unpaired) electrons. The van der Waals surface area contributed by atoms with Crippen molar-refractivity contribution in [3.05, 3.63) is 65.7 Å². The molecule has 0 bridgehead atoms. The van der Waals surface area contributed by atoms with Crippen molar-refractivity contribution in [2.24, 2.45) is 0 Å². The zero-order chi connectivity index (χ0) is 19.1. The molecule has 0 unspecified atom stereocenters. The Labute approximate surface area is 164 Å².